The third-order valence-corrected chi connectivity index (χ3v) is 8.07. The lowest BCUT2D eigenvalue weighted by atomic mass is 9.97. The molecule has 0 aromatic carbocycles. The van der Waals surface area contributed by atoms with Gasteiger partial charge in [-0.2, -0.15) is 0 Å². The zero-order chi connectivity index (χ0) is 35.5. The molecule has 0 aliphatic heterocycles. The van der Waals surface area contributed by atoms with E-state index in [2.05, 4.69) is 0 Å². The van der Waals surface area contributed by atoms with Crippen LogP contribution in [0.3, 0.4) is 0 Å². The Morgan fingerprint density at radius 2 is 0.578 bits per heavy atom. The molecule has 18 nitrogen and oxygen atoms in total. The van der Waals surface area contributed by atoms with Gasteiger partial charge < -0.3 is 47.8 Å². The van der Waals surface area contributed by atoms with E-state index in [1.807, 2.05) is 0 Å². The Kier molecular flexibility index (Phi) is 30.8. The molecule has 0 bridgehead atoms. The average molecular weight is 712 g/mol. The Hall–Kier alpha value is -2.13. The highest BCUT2D eigenvalue weighted by Crippen LogP contribution is 2.16. The van der Waals surface area contributed by atoms with Crippen LogP contribution in [0.1, 0.15) is 96.3 Å². The lowest BCUT2D eigenvalue weighted by Gasteiger charge is -2.15. The molecule has 45 heavy (non-hydrogen) atoms. The average Bonchev–Trinajstić information content (AvgIpc) is 2.98. The van der Waals surface area contributed by atoms with Crippen LogP contribution < -0.4 is 17.2 Å². The Balaban J connectivity index is -0.000000470. The van der Waals surface area contributed by atoms with E-state index in [-0.39, 0.29) is 0 Å². The minimum atomic E-state index is -3.25. The molecule has 3 aliphatic carbocycles. The second-order valence-electron chi connectivity index (χ2n) is 10.2. The Morgan fingerprint density at radius 3 is 0.622 bits per heavy atom. The topological polar surface area (TPSA) is 353 Å². The Bertz CT molecular complexity index is 884. The van der Waals surface area contributed by atoms with Gasteiger partial charge in [-0.25, -0.2) is 41.8 Å². The normalized spacial score (nSPS) is 18.5. The predicted octanol–water partition coefficient (Wildman–Crippen LogP) is 2.52. The van der Waals surface area contributed by atoms with E-state index in [4.69, 9.17) is 47.8 Å². The van der Waals surface area contributed by atoms with Gasteiger partial charge in [-0.05, 0) is 38.5 Å². The maximum absolute atomic E-state index is 9.55. The minimum Gasteiger partial charge on any atom is -0.479 e. The molecule has 3 atom stereocenters. The highest BCUT2D eigenvalue weighted by Gasteiger charge is 2.19. The second-order valence-corrected chi connectivity index (χ2v) is 13.4. The zero-order valence-corrected chi connectivity index (χ0v) is 27.7. The predicted molar refractivity (Wildman–Crippen MR) is 159 cm³/mol. The zero-order valence-electron chi connectivity index (χ0n) is 25.0. The molecule has 0 saturated heterocycles. The van der Waals surface area contributed by atoms with Crippen LogP contribution in [0.25, 0.3) is 0 Å². The second kappa shape index (κ2) is 29.3. The molecular weight excluding hydrogens is 663 g/mol. The van der Waals surface area contributed by atoms with Gasteiger partial charge in [0.2, 0.25) is 0 Å². The number of aliphatic hydroxyl groups is 3. The molecule has 0 aromatic rings. The quantitative estimate of drug-likeness (QED) is 0.179. The van der Waals surface area contributed by atoms with Crippen molar-refractivity contribution in [1.82, 2.24) is 0 Å². The van der Waals surface area contributed by atoms with Crippen LogP contribution in [-0.4, -0.2) is 84.2 Å². The summed E-state index contributed by atoms with van der Waals surface area (Å²) in [5, 5.41) is 47.2. The van der Waals surface area contributed by atoms with Crippen molar-refractivity contribution in [3.05, 3.63) is 0 Å². The van der Waals surface area contributed by atoms with Gasteiger partial charge in [0.15, 0.2) is 0 Å². The van der Waals surface area contributed by atoms with Gasteiger partial charge in [0.1, 0.15) is 0 Å². The summed E-state index contributed by atoms with van der Waals surface area (Å²) in [7, 11) is -9.74. The first-order valence-corrected chi connectivity index (χ1v) is 18.0. The lowest BCUT2D eigenvalue weighted by Crippen LogP contribution is -2.22. The fraction of sp³-hybridized carbons (Fsp3) is 0.875. The summed E-state index contributed by atoms with van der Waals surface area (Å²) in [6.07, 6.45) is 20.0. The fourth-order valence-corrected chi connectivity index (χ4v) is 4.21. The lowest BCUT2D eigenvalue weighted by molar-refractivity contribution is -0.143. The van der Waals surface area contributed by atoms with Crippen LogP contribution in [0.4, 0.5) is 0 Å². The van der Waals surface area contributed by atoms with Gasteiger partial charge in [0.25, 0.3) is 17.5 Å². The standard InChI is InChI=1S/3C6H13N.3C2H3O5P/c3*7-6-4-2-1-3-5-6;3*3-1(4)2(5)8(6)7/h3*6H,1-5,7H2;3*2,5H,(H,3,4). The van der Waals surface area contributed by atoms with Crippen molar-refractivity contribution in [3.8, 4) is 0 Å². The van der Waals surface area contributed by atoms with Crippen LogP contribution in [0.2, 0.25) is 0 Å². The Labute approximate surface area is 262 Å². The maximum atomic E-state index is 9.55. The van der Waals surface area contributed by atoms with Gasteiger partial charge in [0.05, 0.1) is 0 Å². The van der Waals surface area contributed by atoms with E-state index < -0.39 is 58.5 Å². The largest absolute Gasteiger partial charge is 0.479 e. The van der Waals surface area contributed by atoms with Crippen LogP contribution in [0.15, 0.2) is 0 Å². The minimum absolute atomic E-state index is 0.536. The van der Waals surface area contributed by atoms with Crippen LogP contribution in [-0.2, 0) is 41.8 Å². The summed E-state index contributed by atoms with van der Waals surface area (Å²) in [5.74, 6) is -12.0. The summed E-state index contributed by atoms with van der Waals surface area (Å²) < 4.78 is 57.3. The summed E-state index contributed by atoms with van der Waals surface area (Å²) in [6, 6.07) is 1.61. The van der Waals surface area contributed by atoms with Crippen molar-refractivity contribution < 1.29 is 72.4 Å². The third-order valence-electron chi connectivity index (χ3n) is 6.21. The molecule has 3 aliphatic rings. The van der Waals surface area contributed by atoms with E-state index in [1.54, 1.807) is 0 Å². The molecular formula is C24H48N3O15P3. The van der Waals surface area contributed by atoms with E-state index in [9.17, 15) is 41.8 Å². The van der Waals surface area contributed by atoms with Crippen molar-refractivity contribution in [2.75, 3.05) is 0 Å². The monoisotopic (exact) mass is 711 g/mol. The molecule has 12 N–H and O–H groups in total. The summed E-state index contributed by atoms with van der Waals surface area (Å²) >= 11 is 0. The first kappa shape index (κ1) is 47.3. The van der Waals surface area contributed by atoms with E-state index in [0.29, 0.717) is 18.1 Å². The number of rotatable bonds is 6. The first-order chi connectivity index (χ1) is 20.8. The maximum Gasteiger partial charge on any atom is 0.356 e. The number of aliphatic carboxylic acids is 3. The SMILES string of the molecule is NC1CCCCC1.NC1CCCCC1.NC1CCCCC1.O=C(O)C(O)P(=O)=O.O=C(O)C(O)P(=O)=O.O=C(O)C(O)P(=O)=O. The highest BCUT2D eigenvalue weighted by atomic mass is 31.1. The number of aliphatic hydroxyl groups excluding tert-OH is 3. The number of hydrogen-bond acceptors (Lipinski definition) is 15. The molecule has 3 rings (SSSR count). The van der Waals surface area contributed by atoms with Crippen molar-refractivity contribution in [1.29, 1.82) is 0 Å². The van der Waals surface area contributed by atoms with Crippen molar-refractivity contribution in [3.63, 3.8) is 0 Å². The number of carboxylic acids is 3. The van der Waals surface area contributed by atoms with Crippen molar-refractivity contribution >= 4 is 40.9 Å². The van der Waals surface area contributed by atoms with E-state index >= 15 is 0 Å². The fourth-order valence-electron chi connectivity index (χ4n) is 3.67. The molecule has 264 valence electrons. The van der Waals surface area contributed by atoms with E-state index in [1.165, 1.54) is 96.3 Å². The molecule has 3 saturated carbocycles. The van der Waals surface area contributed by atoms with Gasteiger partial charge >= 0.3 is 40.9 Å². The molecule has 0 radical (unpaired) electrons. The molecule has 21 heteroatoms. The highest BCUT2D eigenvalue weighted by molar-refractivity contribution is 7.33. The van der Waals surface area contributed by atoms with Gasteiger partial charge in [-0.1, -0.05) is 57.8 Å². The van der Waals surface area contributed by atoms with Crippen molar-refractivity contribution in [2.45, 2.75) is 132 Å². The molecule has 0 spiro atoms. The van der Waals surface area contributed by atoms with Crippen LogP contribution >= 0.6 is 23.0 Å². The van der Waals surface area contributed by atoms with Gasteiger partial charge in [-0.3, -0.25) is 0 Å². The molecule has 3 fully saturated rings. The summed E-state index contributed by atoms with van der Waals surface area (Å²) in [5.41, 5.74) is 16.9. The van der Waals surface area contributed by atoms with Gasteiger partial charge in [-0.15, -0.1) is 0 Å². The molecule has 0 heterocycles. The Morgan fingerprint density at radius 1 is 0.422 bits per heavy atom. The number of carbonyl (C=O) groups is 3. The number of hydrogen-bond donors (Lipinski definition) is 9. The molecule has 0 aromatic heterocycles. The first-order valence-electron chi connectivity index (χ1n) is 14.2. The number of carboxylic acid groups (broad SMARTS) is 3. The van der Waals surface area contributed by atoms with Gasteiger partial charge in [0, 0.05) is 18.1 Å². The molecule has 3 unspecified atom stereocenters. The van der Waals surface area contributed by atoms with E-state index in [0.717, 1.165) is 0 Å². The third kappa shape index (κ3) is 31.6. The molecule has 0 amide bonds. The number of nitrogens with two attached hydrogens (primary N) is 3. The smallest absolute Gasteiger partial charge is 0.356 e. The summed E-state index contributed by atoms with van der Waals surface area (Å²) in [4.78, 5) is 28.5. The van der Waals surface area contributed by atoms with Crippen LogP contribution in [0.5, 0.6) is 0 Å². The van der Waals surface area contributed by atoms with Crippen molar-refractivity contribution in [2.24, 2.45) is 17.2 Å². The van der Waals surface area contributed by atoms with Crippen LogP contribution in [0, 0.1) is 0 Å². The summed E-state index contributed by atoms with van der Waals surface area (Å²) in [6.45, 7) is 0.